The van der Waals surface area contributed by atoms with Gasteiger partial charge >= 0.3 is 0 Å². The number of nitrogens with one attached hydrogen (secondary N) is 1. The van der Waals surface area contributed by atoms with Crippen molar-refractivity contribution in [2.75, 3.05) is 18.1 Å². The zero-order valence-corrected chi connectivity index (χ0v) is 14.0. The molecule has 2 rings (SSSR count). The molecule has 7 nitrogen and oxygen atoms in total. The molecule has 0 bridgehead atoms. The first-order chi connectivity index (χ1) is 10.6. The van der Waals surface area contributed by atoms with E-state index in [4.69, 9.17) is 4.74 Å². The molecule has 0 aromatic heterocycles. The van der Waals surface area contributed by atoms with Crippen molar-refractivity contribution >= 4 is 25.5 Å². The van der Waals surface area contributed by atoms with Gasteiger partial charge in [-0.05, 0) is 36.4 Å². The minimum atomic E-state index is -3.84. The van der Waals surface area contributed by atoms with Crippen molar-refractivity contribution in [2.24, 2.45) is 0 Å². The van der Waals surface area contributed by atoms with Gasteiger partial charge in [0.25, 0.3) is 0 Å². The van der Waals surface area contributed by atoms with E-state index < -0.39 is 19.9 Å². The number of rotatable bonds is 5. The monoisotopic (exact) mass is 357 g/mol. The van der Waals surface area contributed by atoms with Crippen LogP contribution in [0.1, 0.15) is 0 Å². The van der Waals surface area contributed by atoms with Gasteiger partial charge in [-0.15, -0.1) is 0 Å². The lowest BCUT2D eigenvalue weighted by Crippen LogP contribution is -2.09. The molecule has 124 valence electrons. The van der Waals surface area contributed by atoms with Gasteiger partial charge in [0, 0.05) is 11.8 Å². The number of benzene rings is 2. The van der Waals surface area contributed by atoms with Crippen LogP contribution >= 0.6 is 0 Å². The summed E-state index contributed by atoms with van der Waals surface area (Å²) in [4.78, 5) is -0.124. The number of methoxy groups -OCH3 is 1. The van der Waals surface area contributed by atoms with Crippen LogP contribution in [0.2, 0.25) is 0 Å². The van der Waals surface area contributed by atoms with E-state index in [-0.39, 0.29) is 27.0 Å². The second-order valence-corrected chi connectivity index (χ2v) is 8.43. The maximum Gasteiger partial charge on any atom is 0.229 e. The van der Waals surface area contributed by atoms with Crippen LogP contribution in [-0.2, 0) is 19.9 Å². The number of sulfone groups is 1. The fraction of sp³-hybridized carbons (Fsp3) is 0.143. The lowest BCUT2D eigenvalue weighted by Gasteiger charge is -2.09. The Bertz CT molecular complexity index is 918. The van der Waals surface area contributed by atoms with Gasteiger partial charge in [-0.1, -0.05) is 0 Å². The average Bonchev–Trinajstić information content (AvgIpc) is 2.46. The van der Waals surface area contributed by atoms with Gasteiger partial charge in [0.2, 0.25) is 19.9 Å². The predicted molar refractivity (Wildman–Crippen MR) is 85.0 cm³/mol. The molecule has 0 saturated heterocycles. The van der Waals surface area contributed by atoms with E-state index >= 15 is 0 Å². The largest absolute Gasteiger partial charge is 0.504 e. The normalized spacial score (nSPS) is 11.9. The maximum atomic E-state index is 12.5. The molecule has 2 aromatic rings. The standard InChI is InChI=1S/C14H15NO6S2/c1-21-14-8-7-12(9-13(14)16)23(19,20)11-5-3-10(4-6-11)15-22(2,17)18/h3-9,15-16H,1-2H3. The van der Waals surface area contributed by atoms with Crippen LogP contribution in [0.3, 0.4) is 0 Å². The number of phenolic OH excluding ortho intramolecular Hbond substituents is 1. The fourth-order valence-corrected chi connectivity index (χ4v) is 3.73. The van der Waals surface area contributed by atoms with Crippen LogP contribution in [0.4, 0.5) is 5.69 Å². The summed E-state index contributed by atoms with van der Waals surface area (Å²) in [6, 6.07) is 9.01. The Morgan fingerprint density at radius 1 is 0.957 bits per heavy atom. The number of sulfonamides is 1. The van der Waals surface area contributed by atoms with Crippen LogP contribution < -0.4 is 9.46 Å². The van der Waals surface area contributed by atoms with Crippen molar-refractivity contribution in [3.63, 3.8) is 0 Å². The third kappa shape index (κ3) is 3.93. The van der Waals surface area contributed by atoms with Gasteiger partial charge in [0.05, 0.1) is 23.2 Å². The van der Waals surface area contributed by atoms with Gasteiger partial charge in [0.1, 0.15) is 0 Å². The van der Waals surface area contributed by atoms with Gasteiger partial charge in [0.15, 0.2) is 11.5 Å². The lowest BCUT2D eigenvalue weighted by atomic mass is 10.3. The molecule has 0 spiro atoms. The molecule has 0 aliphatic carbocycles. The Balaban J connectivity index is 2.38. The van der Waals surface area contributed by atoms with Gasteiger partial charge < -0.3 is 9.84 Å². The zero-order valence-electron chi connectivity index (χ0n) is 12.3. The Hall–Kier alpha value is -2.26. The molecule has 0 unspecified atom stereocenters. The molecule has 0 atom stereocenters. The summed E-state index contributed by atoms with van der Waals surface area (Å²) in [5.41, 5.74) is 0.254. The minimum Gasteiger partial charge on any atom is -0.504 e. The molecule has 0 aliphatic heterocycles. The van der Waals surface area contributed by atoms with E-state index in [0.717, 1.165) is 12.3 Å². The van der Waals surface area contributed by atoms with E-state index in [9.17, 15) is 21.9 Å². The topological polar surface area (TPSA) is 110 Å². The molecular formula is C14H15NO6S2. The summed E-state index contributed by atoms with van der Waals surface area (Å²) in [6.45, 7) is 0. The van der Waals surface area contributed by atoms with E-state index in [1.165, 1.54) is 43.5 Å². The predicted octanol–water partition coefficient (Wildman–Crippen LogP) is 1.61. The van der Waals surface area contributed by atoms with Crippen LogP contribution in [0.5, 0.6) is 11.5 Å². The molecule has 23 heavy (non-hydrogen) atoms. The highest BCUT2D eigenvalue weighted by atomic mass is 32.2. The summed E-state index contributed by atoms with van der Waals surface area (Å²) in [5.74, 6) is -0.124. The second-order valence-electron chi connectivity index (χ2n) is 4.74. The third-order valence-electron chi connectivity index (χ3n) is 2.93. The summed E-state index contributed by atoms with van der Waals surface area (Å²) in [6.07, 6.45) is 0.998. The van der Waals surface area contributed by atoms with Crippen molar-refractivity contribution in [1.82, 2.24) is 0 Å². The summed E-state index contributed by atoms with van der Waals surface area (Å²) in [5, 5.41) is 9.71. The number of hydrogen-bond acceptors (Lipinski definition) is 6. The van der Waals surface area contributed by atoms with Crippen molar-refractivity contribution in [2.45, 2.75) is 9.79 Å². The molecule has 2 aromatic carbocycles. The Morgan fingerprint density at radius 3 is 2.00 bits per heavy atom. The minimum absolute atomic E-state index is 0.0267. The Kier molecular flexibility index (Phi) is 4.53. The van der Waals surface area contributed by atoms with E-state index in [1.807, 2.05) is 0 Å². The second kappa shape index (κ2) is 6.09. The molecule has 0 amide bonds. The summed E-state index contributed by atoms with van der Waals surface area (Å²) < 4.78 is 54.4. The van der Waals surface area contributed by atoms with Gasteiger partial charge in [-0.2, -0.15) is 0 Å². The molecule has 0 heterocycles. The highest BCUT2D eigenvalue weighted by molar-refractivity contribution is 7.92. The number of aromatic hydroxyl groups is 1. The van der Waals surface area contributed by atoms with Crippen LogP contribution in [0.15, 0.2) is 52.3 Å². The Labute approximate surface area is 134 Å². The number of hydrogen-bond donors (Lipinski definition) is 2. The van der Waals surface area contributed by atoms with Crippen LogP contribution in [-0.4, -0.2) is 35.3 Å². The zero-order chi connectivity index (χ0) is 17.3. The molecule has 2 N–H and O–H groups in total. The van der Waals surface area contributed by atoms with Gasteiger partial charge in [-0.3, -0.25) is 4.72 Å². The molecule has 0 fully saturated rings. The molecule has 0 aliphatic rings. The quantitative estimate of drug-likeness (QED) is 0.841. The van der Waals surface area contributed by atoms with E-state index in [0.29, 0.717) is 0 Å². The first-order valence-electron chi connectivity index (χ1n) is 6.33. The first-order valence-corrected chi connectivity index (χ1v) is 9.71. The Morgan fingerprint density at radius 2 is 1.52 bits per heavy atom. The van der Waals surface area contributed by atoms with Crippen molar-refractivity contribution in [3.05, 3.63) is 42.5 Å². The fourth-order valence-electron chi connectivity index (χ4n) is 1.89. The molecule has 9 heteroatoms. The smallest absolute Gasteiger partial charge is 0.229 e. The average molecular weight is 357 g/mol. The highest BCUT2D eigenvalue weighted by Gasteiger charge is 2.19. The summed E-state index contributed by atoms with van der Waals surface area (Å²) >= 11 is 0. The van der Waals surface area contributed by atoms with Crippen molar-refractivity contribution in [3.8, 4) is 11.5 Å². The first kappa shape index (κ1) is 17.1. The number of ether oxygens (including phenoxy) is 1. The van der Waals surface area contributed by atoms with E-state index in [1.54, 1.807) is 0 Å². The molecule has 0 radical (unpaired) electrons. The van der Waals surface area contributed by atoms with Gasteiger partial charge in [-0.25, -0.2) is 16.8 Å². The number of phenols is 1. The SMILES string of the molecule is COc1ccc(S(=O)(=O)c2ccc(NS(C)(=O)=O)cc2)cc1O. The van der Waals surface area contributed by atoms with E-state index in [2.05, 4.69) is 4.72 Å². The summed E-state index contributed by atoms with van der Waals surface area (Å²) in [7, 11) is -5.92. The molecule has 0 saturated carbocycles. The lowest BCUT2D eigenvalue weighted by molar-refractivity contribution is 0.372. The third-order valence-corrected chi connectivity index (χ3v) is 5.30. The molecular weight excluding hydrogens is 342 g/mol. The van der Waals surface area contributed by atoms with Crippen molar-refractivity contribution < 1.29 is 26.7 Å². The highest BCUT2D eigenvalue weighted by Crippen LogP contribution is 2.31. The maximum absolute atomic E-state index is 12.5. The van der Waals surface area contributed by atoms with Crippen LogP contribution in [0.25, 0.3) is 0 Å². The number of anilines is 1. The van der Waals surface area contributed by atoms with Crippen molar-refractivity contribution in [1.29, 1.82) is 0 Å². The van der Waals surface area contributed by atoms with Crippen LogP contribution in [0, 0.1) is 0 Å².